The van der Waals surface area contributed by atoms with E-state index in [2.05, 4.69) is 9.51 Å². The molecule has 1 aliphatic carbocycles. The van der Waals surface area contributed by atoms with Crippen molar-refractivity contribution in [2.24, 2.45) is 0 Å². The van der Waals surface area contributed by atoms with E-state index in [9.17, 15) is 9.36 Å². The molecule has 2 N–H and O–H groups in total. The van der Waals surface area contributed by atoms with Gasteiger partial charge in [0.2, 0.25) is 11.2 Å². The van der Waals surface area contributed by atoms with Crippen molar-refractivity contribution >= 4 is 18.9 Å². The Morgan fingerprint density at radius 2 is 1.90 bits per heavy atom. The molecule has 1 heterocycles. The molecular weight excluding hydrogens is 285 g/mol. The summed E-state index contributed by atoms with van der Waals surface area (Å²) in [5.74, 6) is -0.645. The number of hydrogen-bond donors (Lipinski definition) is 2. The molecule has 0 spiro atoms. The van der Waals surface area contributed by atoms with Crippen molar-refractivity contribution in [1.82, 2.24) is 4.98 Å². The minimum atomic E-state index is -4.87. The maximum absolute atomic E-state index is 11.7. The number of benzene rings is 2. The standard InChI is InChI=1S/C12H8NO6P/c14-9-6-5-8-11(12(9)19-20(15,16)17)18-10-4-2-1-3-7(10)13-8/h1-6H,(H2,15,16,17). The van der Waals surface area contributed by atoms with Crippen LogP contribution >= 0.6 is 7.82 Å². The van der Waals surface area contributed by atoms with Gasteiger partial charge in [-0.2, -0.15) is 0 Å². The van der Waals surface area contributed by atoms with E-state index in [0.717, 1.165) is 6.07 Å². The third kappa shape index (κ3) is 2.30. The average Bonchev–Trinajstić information content (AvgIpc) is 2.39. The van der Waals surface area contributed by atoms with Gasteiger partial charge in [-0.3, -0.25) is 14.6 Å². The molecular formula is C12H8NO6P. The molecule has 7 nitrogen and oxygen atoms in total. The molecule has 1 aliphatic heterocycles. The lowest BCUT2D eigenvalue weighted by molar-refractivity contribution is 0.280. The summed E-state index contributed by atoms with van der Waals surface area (Å²) < 4.78 is 20.8. The Bertz CT molecular complexity index is 867. The van der Waals surface area contributed by atoms with E-state index in [4.69, 9.17) is 14.2 Å². The van der Waals surface area contributed by atoms with Crippen molar-refractivity contribution in [2.75, 3.05) is 0 Å². The van der Waals surface area contributed by atoms with Gasteiger partial charge in [-0.1, -0.05) is 12.1 Å². The predicted octanol–water partition coefficient (Wildman–Crippen LogP) is 1.76. The lowest BCUT2D eigenvalue weighted by Crippen LogP contribution is -2.08. The molecule has 3 rings (SSSR count). The van der Waals surface area contributed by atoms with Crippen LogP contribution in [0.15, 0.2) is 45.6 Å². The zero-order valence-electron chi connectivity index (χ0n) is 9.89. The second kappa shape index (κ2) is 4.42. The summed E-state index contributed by atoms with van der Waals surface area (Å²) >= 11 is 0. The molecule has 102 valence electrons. The normalized spacial score (nSPS) is 11.9. The summed E-state index contributed by atoms with van der Waals surface area (Å²) in [6.45, 7) is 0. The molecule has 0 atom stereocenters. The van der Waals surface area contributed by atoms with Crippen LogP contribution in [0.5, 0.6) is 5.75 Å². The summed E-state index contributed by atoms with van der Waals surface area (Å²) in [7, 11) is -4.87. The second-order valence-electron chi connectivity index (χ2n) is 4.00. The maximum Gasteiger partial charge on any atom is 0.525 e. The quantitative estimate of drug-likeness (QED) is 0.547. The molecule has 0 amide bonds. The van der Waals surface area contributed by atoms with Gasteiger partial charge in [0.15, 0.2) is 11.3 Å². The zero-order chi connectivity index (χ0) is 14.3. The van der Waals surface area contributed by atoms with Gasteiger partial charge in [0.25, 0.3) is 0 Å². The van der Waals surface area contributed by atoms with Gasteiger partial charge in [0, 0.05) is 0 Å². The zero-order valence-corrected chi connectivity index (χ0v) is 10.8. The van der Waals surface area contributed by atoms with E-state index in [-0.39, 0.29) is 11.5 Å². The molecule has 1 aromatic carbocycles. The number of nitrogens with zero attached hydrogens (tertiary/aromatic N) is 1. The second-order valence-corrected chi connectivity index (χ2v) is 5.17. The van der Waals surface area contributed by atoms with Crippen molar-refractivity contribution in [1.29, 1.82) is 0 Å². The topological polar surface area (TPSA) is 110 Å². The molecule has 0 saturated carbocycles. The fraction of sp³-hybridized carbons (Fsp3) is 0. The van der Waals surface area contributed by atoms with Crippen LogP contribution in [0.2, 0.25) is 0 Å². The summed E-state index contributed by atoms with van der Waals surface area (Å²) in [6, 6.07) is 9.34. The summed E-state index contributed by atoms with van der Waals surface area (Å²) in [4.78, 5) is 33.6. The van der Waals surface area contributed by atoms with Crippen molar-refractivity contribution in [3.63, 3.8) is 0 Å². The number of phosphoric acid groups is 1. The number of aromatic nitrogens is 1. The Morgan fingerprint density at radius 1 is 1.15 bits per heavy atom. The monoisotopic (exact) mass is 293 g/mol. The lowest BCUT2D eigenvalue weighted by Gasteiger charge is -2.11. The highest BCUT2D eigenvalue weighted by atomic mass is 31.2. The predicted molar refractivity (Wildman–Crippen MR) is 69.6 cm³/mol. The van der Waals surface area contributed by atoms with Crippen molar-refractivity contribution in [3.8, 4) is 17.2 Å². The fourth-order valence-corrected chi connectivity index (χ4v) is 2.21. The number of fused-ring (bicyclic) bond motifs is 2. The smallest absolute Gasteiger partial charge is 0.449 e. The van der Waals surface area contributed by atoms with E-state index >= 15 is 0 Å². The first-order valence-corrected chi connectivity index (χ1v) is 7.05. The molecule has 0 saturated heterocycles. The van der Waals surface area contributed by atoms with Crippen LogP contribution in [0.25, 0.3) is 22.6 Å². The number of hydrogen-bond acceptors (Lipinski definition) is 5. The first-order valence-electron chi connectivity index (χ1n) is 5.52. The summed E-state index contributed by atoms with van der Waals surface area (Å²) in [5.41, 5.74) is 0.510. The maximum atomic E-state index is 11.7. The van der Waals surface area contributed by atoms with Gasteiger partial charge < -0.3 is 8.94 Å². The van der Waals surface area contributed by atoms with Gasteiger partial charge in [-0.25, -0.2) is 9.55 Å². The lowest BCUT2D eigenvalue weighted by atomic mass is 10.2. The van der Waals surface area contributed by atoms with Crippen molar-refractivity contribution in [3.05, 3.63) is 46.6 Å². The van der Waals surface area contributed by atoms with Crippen LogP contribution < -0.4 is 9.95 Å². The SMILES string of the molecule is O=c1ccc2nc3ccccc3oc-2c1OP(=O)(O)O. The first-order chi connectivity index (χ1) is 9.44. The Morgan fingerprint density at radius 3 is 2.65 bits per heavy atom. The van der Waals surface area contributed by atoms with E-state index in [1.54, 1.807) is 24.3 Å². The van der Waals surface area contributed by atoms with Gasteiger partial charge >= 0.3 is 7.82 Å². The molecule has 0 radical (unpaired) electrons. The van der Waals surface area contributed by atoms with Gasteiger partial charge in [0.1, 0.15) is 11.2 Å². The highest BCUT2D eigenvalue weighted by Crippen LogP contribution is 2.41. The van der Waals surface area contributed by atoms with Crippen LogP contribution in [0.1, 0.15) is 0 Å². The average molecular weight is 293 g/mol. The summed E-state index contributed by atoms with van der Waals surface area (Å²) in [6.07, 6.45) is 0. The van der Waals surface area contributed by atoms with Crippen LogP contribution in [-0.4, -0.2) is 14.8 Å². The Balaban J connectivity index is 2.34. The third-order valence-corrected chi connectivity index (χ3v) is 3.00. The first kappa shape index (κ1) is 12.8. The molecule has 0 unspecified atom stereocenters. The molecule has 0 aromatic heterocycles. The number of rotatable bonds is 2. The molecule has 2 aliphatic rings. The molecule has 20 heavy (non-hydrogen) atoms. The Kier molecular flexibility index (Phi) is 2.83. The Hall–Kier alpha value is -2.21. The highest BCUT2D eigenvalue weighted by Gasteiger charge is 2.25. The molecule has 0 bridgehead atoms. The van der Waals surface area contributed by atoms with E-state index in [1.165, 1.54) is 6.07 Å². The molecule has 1 aromatic rings. The van der Waals surface area contributed by atoms with Gasteiger partial charge in [-0.15, -0.1) is 0 Å². The van der Waals surface area contributed by atoms with E-state index in [1.807, 2.05) is 0 Å². The van der Waals surface area contributed by atoms with E-state index < -0.39 is 19.0 Å². The van der Waals surface area contributed by atoms with E-state index in [0.29, 0.717) is 11.1 Å². The third-order valence-electron chi connectivity index (χ3n) is 2.58. The van der Waals surface area contributed by atoms with Crippen molar-refractivity contribution in [2.45, 2.75) is 0 Å². The largest absolute Gasteiger partial charge is 0.525 e. The fourth-order valence-electron chi connectivity index (χ4n) is 1.80. The number of phosphoric ester groups is 1. The van der Waals surface area contributed by atoms with Gasteiger partial charge in [-0.05, 0) is 24.3 Å². The van der Waals surface area contributed by atoms with Crippen molar-refractivity contribution < 1.29 is 23.3 Å². The molecule has 8 heteroatoms. The van der Waals surface area contributed by atoms with Gasteiger partial charge in [0.05, 0.1) is 0 Å². The minimum absolute atomic E-state index is 0.0977. The Labute approximate surface area is 112 Å². The van der Waals surface area contributed by atoms with Crippen LogP contribution in [0, 0.1) is 0 Å². The summed E-state index contributed by atoms with van der Waals surface area (Å²) in [5, 5.41) is 0. The van der Waals surface area contributed by atoms with Crippen LogP contribution in [0.4, 0.5) is 0 Å². The highest BCUT2D eigenvalue weighted by molar-refractivity contribution is 7.46. The minimum Gasteiger partial charge on any atom is -0.449 e. The molecule has 0 fully saturated rings. The van der Waals surface area contributed by atoms with Crippen LogP contribution in [-0.2, 0) is 4.57 Å². The van der Waals surface area contributed by atoms with Crippen LogP contribution in [0.3, 0.4) is 0 Å². The number of para-hydroxylation sites is 2.